The largest absolute Gasteiger partial charge is 0.464 e. The van der Waals surface area contributed by atoms with E-state index in [9.17, 15) is 14.4 Å². The highest BCUT2D eigenvalue weighted by atomic mass is 16.5. The lowest BCUT2D eigenvalue weighted by Gasteiger charge is -2.45. The minimum Gasteiger partial charge on any atom is -0.464 e. The van der Waals surface area contributed by atoms with Crippen LogP contribution in [0, 0.1) is 11.8 Å². The molecule has 2 aromatic rings. The minimum absolute atomic E-state index is 0.145. The van der Waals surface area contributed by atoms with Gasteiger partial charge in [0.2, 0.25) is 11.8 Å². The zero-order chi connectivity index (χ0) is 22.9. The van der Waals surface area contributed by atoms with Gasteiger partial charge in [-0.05, 0) is 28.7 Å². The molecule has 1 aliphatic heterocycles. The average molecular weight is 446 g/mol. The first-order valence-electron chi connectivity index (χ1n) is 12.3. The summed E-state index contributed by atoms with van der Waals surface area (Å²) in [5, 5.41) is 0. The molecule has 0 unspecified atom stereocenters. The molecule has 1 heterocycles. The maximum Gasteiger partial charge on any atom is 0.326 e. The monoisotopic (exact) mass is 445 g/mol. The van der Waals surface area contributed by atoms with Crippen LogP contribution in [-0.2, 0) is 19.1 Å². The number of likely N-dealkylation sites (tertiary alicyclic amines) is 1. The smallest absolute Gasteiger partial charge is 0.326 e. The molecule has 4 aliphatic rings. The van der Waals surface area contributed by atoms with E-state index in [2.05, 4.69) is 31.2 Å². The molecule has 0 N–H and O–H groups in total. The average Bonchev–Trinajstić information content (AvgIpc) is 3.09. The topological polar surface area (TPSA) is 63.7 Å². The summed E-state index contributed by atoms with van der Waals surface area (Å²) >= 11 is 0. The predicted molar refractivity (Wildman–Crippen MR) is 125 cm³/mol. The molecule has 3 aliphatic carbocycles. The number of ether oxygens (including phenoxy) is 1. The molecule has 0 aromatic heterocycles. The van der Waals surface area contributed by atoms with Crippen LogP contribution in [0.2, 0.25) is 0 Å². The normalized spacial score (nSPS) is 24.5. The van der Waals surface area contributed by atoms with E-state index in [0.29, 0.717) is 6.61 Å². The van der Waals surface area contributed by atoms with Gasteiger partial charge in [0.15, 0.2) is 0 Å². The molecule has 5 nitrogen and oxygen atoms in total. The van der Waals surface area contributed by atoms with E-state index in [1.165, 1.54) is 19.3 Å². The lowest BCUT2D eigenvalue weighted by molar-refractivity contribution is -0.153. The molecule has 1 saturated heterocycles. The highest BCUT2D eigenvalue weighted by molar-refractivity contribution is 6.09. The Morgan fingerprint density at radius 1 is 0.758 bits per heavy atom. The number of nitrogens with zero attached hydrogens (tertiary/aromatic N) is 1. The summed E-state index contributed by atoms with van der Waals surface area (Å²) in [5.41, 5.74) is 4.54. The summed E-state index contributed by atoms with van der Waals surface area (Å²) in [5.74, 6) is -2.15. The second-order valence-corrected chi connectivity index (χ2v) is 9.52. The molecule has 0 spiro atoms. The highest BCUT2D eigenvalue weighted by Gasteiger charge is 2.61. The number of unbranched alkanes of at least 4 members (excludes halogenated alkanes) is 5. The zero-order valence-electron chi connectivity index (χ0n) is 19.2. The fraction of sp³-hybridized carbons (Fsp3) is 0.464. The molecule has 2 amide bonds. The summed E-state index contributed by atoms with van der Waals surface area (Å²) in [6.07, 6.45) is 6.62. The van der Waals surface area contributed by atoms with Crippen LogP contribution < -0.4 is 0 Å². The van der Waals surface area contributed by atoms with Gasteiger partial charge < -0.3 is 4.74 Å². The molecular weight excluding hydrogens is 414 g/mol. The number of amides is 2. The number of imide groups is 1. The standard InChI is InChI=1S/C28H31NO4/c1-2-3-4-5-6-11-16-33-22(30)17-29-27(31)25-23-18-12-7-8-13-19(18)24(26(25)28(29)32)21-15-10-9-14-20(21)23/h7-10,12-15,23-26H,2-6,11,16-17H2,1H3/t23?,24?,25-,26-/m0/s1. The van der Waals surface area contributed by atoms with Crippen LogP contribution in [0.15, 0.2) is 48.5 Å². The number of benzene rings is 2. The van der Waals surface area contributed by atoms with Crippen LogP contribution in [-0.4, -0.2) is 35.8 Å². The molecule has 33 heavy (non-hydrogen) atoms. The third-order valence-electron chi connectivity index (χ3n) is 7.59. The SMILES string of the molecule is CCCCCCCCOC(=O)CN1C(=O)[C@H]2C3c4ccccc4C(c4ccccc43)[C@@H]2C1=O. The summed E-state index contributed by atoms with van der Waals surface area (Å²) < 4.78 is 5.37. The number of carbonyl (C=O) groups is 3. The Bertz CT molecular complexity index is 962. The van der Waals surface area contributed by atoms with Crippen molar-refractivity contribution in [2.75, 3.05) is 13.2 Å². The molecule has 5 heteroatoms. The van der Waals surface area contributed by atoms with Gasteiger partial charge in [0.1, 0.15) is 6.54 Å². The third-order valence-corrected chi connectivity index (χ3v) is 7.59. The predicted octanol–water partition coefficient (Wildman–Crippen LogP) is 4.78. The third kappa shape index (κ3) is 3.68. The number of hydrogen-bond donors (Lipinski definition) is 0. The van der Waals surface area contributed by atoms with Crippen LogP contribution in [0.5, 0.6) is 0 Å². The van der Waals surface area contributed by atoms with Crippen LogP contribution in [0.25, 0.3) is 0 Å². The molecule has 2 aromatic carbocycles. The summed E-state index contributed by atoms with van der Waals surface area (Å²) in [4.78, 5) is 40.6. The first-order valence-corrected chi connectivity index (χ1v) is 12.3. The molecule has 6 rings (SSSR count). The van der Waals surface area contributed by atoms with Crippen molar-refractivity contribution in [2.24, 2.45) is 11.8 Å². The van der Waals surface area contributed by atoms with Crippen molar-refractivity contribution >= 4 is 17.8 Å². The first kappa shape index (κ1) is 21.9. The van der Waals surface area contributed by atoms with Crippen LogP contribution >= 0.6 is 0 Å². The van der Waals surface area contributed by atoms with E-state index in [1.54, 1.807) is 0 Å². The molecule has 0 radical (unpaired) electrons. The summed E-state index contributed by atoms with van der Waals surface area (Å²) in [7, 11) is 0. The maximum atomic E-state index is 13.5. The van der Waals surface area contributed by atoms with Crippen molar-refractivity contribution in [1.29, 1.82) is 0 Å². The lowest BCUT2D eigenvalue weighted by atomic mass is 9.55. The van der Waals surface area contributed by atoms with Gasteiger partial charge >= 0.3 is 5.97 Å². The van der Waals surface area contributed by atoms with E-state index in [4.69, 9.17) is 4.74 Å². The van der Waals surface area contributed by atoms with Crippen molar-refractivity contribution in [2.45, 2.75) is 57.3 Å². The number of hydrogen-bond acceptors (Lipinski definition) is 4. The van der Waals surface area contributed by atoms with Gasteiger partial charge in [-0.25, -0.2) is 0 Å². The van der Waals surface area contributed by atoms with E-state index in [1.807, 2.05) is 24.3 Å². The van der Waals surface area contributed by atoms with E-state index < -0.39 is 17.8 Å². The van der Waals surface area contributed by atoms with Crippen molar-refractivity contribution in [3.63, 3.8) is 0 Å². The molecule has 1 fully saturated rings. The fourth-order valence-corrected chi connectivity index (χ4v) is 6.14. The summed E-state index contributed by atoms with van der Waals surface area (Å²) in [6.45, 7) is 2.24. The first-order chi connectivity index (χ1) is 16.1. The fourth-order valence-electron chi connectivity index (χ4n) is 6.14. The van der Waals surface area contributed by atoms with Crippen molar-refractivity contribution in [3.8, 4) is 0 Å². The zero-order valence-corrected chi connectivity index (χ0v) is 19.2. The van der Waals surface area contributed by atoms with Gasteiger partial charge in [-0.15, -0.1) is 0 Å². The lowest BCUT2D eigenvalue weighted by Crippen LogP contribution is -2.41. The van der Waals surface area contributed by atoms with Crippen molar-refractivity contribution in [1.82, 2.24) is 4.90 Å². The molecular formula is C28H31NO4. The Kier molecular flexibility index (Phi) is 6.05. The second-order valence-electron chi connectivity index (χ2n) is 9.52. The quantitative estimate of drug-likeness (QED) is 0.317. The molecule has 0 saturated carbocycles. The molecule has 2 bridgehead atoms. The van der Waals surface area contributed by atoms with Crippen molar-refractivity contribution < 1.29 is 19.1 Å². The van der Waals surface area contributed by atoms with E-state index in [0.717, 1.165) is 46.4 Å². The van der Waals surface area contributed by atoms with Gasteiger partial charge in [-0.2, -0.15) is 0 Å². The van der Waals surface area contributed by atoms with Gasteiger partial charge in [0.05, 0.1) is 18.4 Å². The molecule has 2 atom stereocenters. The van der Waals surface area contributed by atoms with Crippen LogP contribution in [0.3, 0.4) is 0 Å². The Morgan fingerprint density at radius 3 is 1.70 bits per heavy atom. The van der Waals surface area contributed by atoms with Gasteiger partial charge in [-0.1, -0.05) is 87.6 Å². The van der Waals surface area contributed by atoms with E-state index >= 15 is 0 Å². The Labute approximate surface area is 195 Å². The summed E-state index contributed by atoms with van der Waals surface area (Å²) in [6, 6.07) is 16.3. The van der Waals surface area contributed by atoms with Crippen LogP contribution in [0.1, 0.15) is 79.5 Å². The Morgan fingerprint density at radius 2 is 1.21 bits per heavy atom. The number of rotatable bonds is 9. The van der Waals surface area contributed by atoms with Crippen molar-refractivity contribution in [3.05, 3.63) is 70.8 Å². The van der Waals surface area contributed by atoms with Crippen LogP contribution in [0.4, 0.5) is 0 Å². The Hall–Kier alpha value is -2.95. The molecule has 172 valence electrons. The number of esters is 1. The number of carbonyl (C=O) groups excluding carboxylic acids is 3. The maximum absolute atomic E-state index is 13.5. The Balaban J connectivity index is 1.30. The van der Waals surface area contributed by atoms with Gasteiger partial charge in [0.25, 0.3) is 0 Å². The van der Waals surface area contributed by atoms with Gasteiger partial charge in [0, 0.05) is 11.8 Å². The highest BCUT2D eigenvalue weighted by Crippen LogP contribution is 2.60. The second kappa shape index (κ2) is 9.12. The van der Waals surface area contributed by atoms with E-state index in [-0.39, 0.29) is 30.2 Å². The minimum atomic E-state index is -0.494. The van der Waals surface area contributed by atoms with Gasteiger partial charge in [-0.3, -0.25) is 19.3 Å².